The van der Waals surface area contributed by atoms with Crippen LogP contribution in [0.15, 0.2) is 41.4 Å². The van der Waals surface area contributed by atoms with Gasteiger partial charge in [0.15, 0.2) is 11.6 Å². The average Bonchev–Trinajstić information content (AvgIpc) is 2.85. The number of benzene rings is 2. The van der Waals surface area contributed by atoms with Crippen molar-refractivity contribution in [1.82, 2.24) is 16.0 Å². The van der Waals surface area contributed by atoms with Gasteiger partial charge in [0, 0.05) is 22.3 Å². The largest absolute Gasteiger partial charge is 0.508 e. The molecule has 0 radical (unpaired) electrons. The van der Waals surface area contributed by atoms with Gasteiger partial charge < -0.3 is 31.5 Å². The van der Waals surface area contributed by atoms with Crippen molar-refractivity contribution in [3.8, 4) is 5.75 Å². The van der Waals surface area contributed by atoms with Crippen molar-refractivity contribution in [3.05, 3.63) is 58.1 Å². The SMILES string of the molecule is CCC(NC(=O)CNC(=O)c1cc(O)cc(NC2=NCC(F)CN2)c1)c1cc(Cl)cc(C(C)(O)C(F)(F)F)c1. The molecule has 9 nitrogen and oxygen atoms in total. The number of carbonyl (C=O) groups excluding carboxylic acids is 2. The number of amides is 2. The lowest BCUT2D eigenvalue weighted by Gasteiger charge is -2.28. The normalized spacial score (nSPS) is 17.7. The van der Waals surface area contributed by atoms with Crippen LogP contribution in [0.3, 0.4) is 0 Å². The Bertz CT molecular complexity index is 1260. The van der Waals surface area contributed by atoms with Crippen LogP contribution in [0, 0.1) is 0 Å². The molecule has 0 fully saturated rings. The summed E-state index contributed by atoms with van der Waals surface area (Å²) in [7, 11) is 0. The summed E-state index contributed by atoms with van der Waals surface area (Å²) in [6.45, 7) is 1.84. The van der Waals surface area contributed by atoms with Gasteiger partial charge >= 0.3 is 6.18 Å². The summed E-state index contributed by atoms with van der Waals surface area (Å²) in [6.07, 6.45) is -5.80. The van der Waals surface area contributed by atoms with Gasteiger partial charge in [-0.25, -0.2) is 9.38 Å². The zero-order valence-corrected chi connectivity index (χ0v) is 21.8. The second-order valence-electron chi connectivity index (χ2n) is 9.12. The van der Waals surface area contributed by atoms with Gasteiger partial charge in [0.1, 0.15) is 11.9 Å². The number of nitrogens with one attached hydrogen (secondary N) is 4. The Morgan fingerprint density at radius 3 is 2.54 bits per heavy atom. The molecule has 0 spiro atoms. The Balaban J connectivity index is 1.65. The Hall–Kier alpha value is -3.58. The third kappa shape index (κ3) is 7.73. The molecule has 39 heavy (non-hydrogen) atoms. The highest BCUT2D eigenvalue weighted by Crippen LogP contribution is 2.40. The van der Waals surface area contributed by atoms with Crippen molar-refractivity contribution < 1.29 is 37.4 Å². The summed E-state index contributed by atoms with van der Waals surface area (Å²) in [5.74, 6) is -1.30. The van der Waals surface area contributed by atoms with E-state index in [4.69, 9.17) is 11.6 Å². The molecule has 6 N–H and O–H groups in total. The molecule has 0 saturated heterocycles. The third-order valence-electron chi connectivity index (χ3n) is 5.97. The lowest BCUT2D eigenvalue weighted by atomic mass is 9.91. The molecule has 3 unspecified atom stereocenters. The molecule has 0 saturated carbocycles. The van der Waals surface area contributed by atoms with Gasteiger partial charge in [-0.1, -0.05) is 24.6 Å². The topological polar surface area (TPSA) is 135 Å². The van der Waals surface area contributed by atoms with Gasteiger partial charge in [-0.05, 0) is 48.7 Å². The molecule has 0 aliphatic carbocycles. The zero-order chi connectivity index (χ0) is 29.0. The molecule has 0 bridgehead atoms. The second-order valence-corrected chi connectivity index (χ2v) is 9.55. The van der Waals surface area contributed by atoms with Crippen LogP contribution in [0.2, 0.25) is 5.02 Å². The second kappa shape index (κ2) is 12.1. The van der Waals surface area contributed by atoms with Crippen molar-refractivity contribution >= 4 is 35.1 Å². The van der Waals surface area contributed by atoms with Gasteiger partial charge in [0.2, 0.25) is 5.91 Å². The monoisotopic (exact) mass is 573 g/mol. The minimum atomic E-state index is -4.96. The molecule has 3 atom stereocenters. The molecule has 3 rings (SSSR count). The fourth-order valence-corrected chi connectivity index (χ4v) is 3.98. The molecular formula is C25H28ClF4N5O4. The summed E-state index contributed by atoms with van der Waals surface area (Å²) < 4.78 is 53.2. The van der Waals surface area contributed by atoms with Crippen LogP contribution in [-0.2, 0) is 10.4 Å². The van der Waals surface area contributed by atoms with Crippen LogP contribution in [0.25, 0.3) is 0 Å². The van der Waals surface area contributed by atoms with Crippen LogP contribution >= 0.6 is 11.6 Å². The summed E-state index contributed by atoms with van der Waals surface area (Å²) in [5, 5.41) is 30.6. The highest BCUT2D eigenvalue weighted by Gasteiger charge is 2.51. The quantitative estimate of drug-likeness (QED) is 0.268. The molecular weight excluding hydrogens is 546 g/mol. The first-order valence-corrected chi connectivity index (χ1v) is 12.3. The lowest BCUT2D eigenvalue weighted by molar-refractivity contribution is -0.258. The van der Waals surface area contributed by atoms with Crippen LogP contribution in [0.1, 0.15) is 47.8 Å². The molecule has 14 heteroatoms. The van der Waals surface area contributed by atoms with E-state index in [1.165, 1.54) is 24.3 Å². The molecule has 2 amide bonds. The number of hydrogen-bond acceptors (Lipinski definition) is 7. The van der Waals surface area contributed by atoms with E-state index in [9.17, 15) is 37.4 Å². The van der Waals surface area contributed by atoms with Crippen molar-refractivity contribution in [2.24, 2.45) is 4.99 Å². The number of aliphatic hydroxyl groups is 1. The van der Waals surface area contributed by atoms with Crippen molar-refractivity contribution in [2.75, 3.05) is 25.0 Å². The molecule has 1 aliphatic rings. The smallest absolute Gasteiger partial charge is 0.421 e. The van der Waals surface area contributed by atoms with Gasteiger partial charge in [-0.3, -0.25) is 9.59 Å². The number of phenolic OH excluding ortho intramolecular Hbond substituents is 1. The molecule has 2 aromatic rings. The average molecular weight is 574 g/mol. The number of carbonyl (C=O) groups is 2. The number of aromatic hydroxyl groups is 1. The van der Waals surface area contributed by atoms with Crippen molar-refractivity contribution in [2.45, 2.75) is 44.3 Å². The van der Waals surface area contributed by atoms with E-state index in [0.29, 0.717) is 12.6 Å². The van der Waals surface area contributed by atoms with E-state index < -0.39 is 47.9 Å². The minimum Gasteiger partial charge on any atom is -0.508 e. The number of hydrogen-bond donors (Lipinski definition) is 6. The summed E-state index contributed by atoms with van der Waals surface area (Å²) in [6, 6.07) is 6.64. The predicted octanol–water partition coefficient (Wildman–Crippen LogP) is 3.52. The standard InChI is InChI=1S/C25H28ClF4N5O4/c1-3-20(13-4-15(8-16(26)5-13)24(2,39)25(28,29)30)35-21(37)12-31-22(38)14-6-18(9-19(36)7-14)34-23-32-10-17(27)11-33-23/h4-9,17,20,36,39H,3,10-12H2,1-2H3,(H,31,38)(H,35,37)(H2,32,33,34). The maximum absolute atomic E-state index is 13.3. The Morgan fingerprint density at radius 2 is 1.92 bits per heavy atom. The van der Waals surface area contributed by atoms with Crippen LogP contribution in [-0.4, -0.2) is 60.0 Å². The Kier molecular flexibility index (Phi) is 9.28. The number of alkyl halides is 4. The molecule has 1 heterocycles. The zero-order valence-electron chi connectivity index (χ0n) is 21.0. The van der Waals surface area contributed by atoms with Crippen LogP contribution < -0.4 is 21.3 Å². The number of aliphatic imine (C=N–C) groups is 1. The van der Waals surface area contributed by atoms with Crippen LogP contribution in [0.4, 0.5) is 23.2 Å². The van der Waals surface area contributed by atoms with E-state index in [-0.39, 0.29) is 47.4 Å². The number of anilines is 1. The van der Waals surface area contributed by atoms with E-state index in [2.05, 4.69) is 26.3 Å². The minimum absolute atomic E-state index is 0.0194. The summed E-state index contributed by atoms with van der Waals surface area (Å²) in [4.78, 5) is 29.2. The number of nitrogens with zero attached hydrogens (tertiary/aromatic N) is 1. The van der Waals surface area contributed by atoms with Gasteiger partial charge in [-0.15, -0.1) is 0 Å². The van der Waals surface area contributed by atoms with Gasteiger partial charge in [-0.2, -0.15) is 13.2 Å². The highest BCUT2D eigenvalue weighted by atomic mass is 35.5. The van der Waals surface area contributed by atoms with E-state index >= 15 is 0 Å². The molecule has 212 valence electrons. The molecule has 1 aliphatic heterocycles. The van der Waals surface area contributed by atoms with E-state index in [1.54, 1.807) is 6.92 Å². The van der Waals surface area contributed by atoms with Crippen LogP contribution in [0.5, 0.6) is 5.75 Å². The maximum atomic E-state index is 13.3. The predicted molar refractivity (Wildman–Crippen MR) is 138 cm³/mol. The molecule has 0 aromatic heterocycles. The maximum Gasteiger partial charge on any atom is 0.421 e. The summed E-state index contributed by atoms with van der Waals surface area (Å²) >= 11 is 6.01. The van der Waals surface area contributed by atoms with Gasteiger partial charge in [0.25, 0.3) is 5.91 Å². The molecule has 2 aromatic carbocycles. The Morgan fingerprint density at radius 1 is 1.21 bits per heavy atom. The fraction of sp³-hybridized carbons (Fsp3) is 0.400. The van der Waals surface area contributed by atoms with Crippen molar-refractivity contribution in [1.29, 1.82) is 0 Å². The first-order chi connectivity index (χ1) is 18.2. The highest BCUT2D eigenvalue weighted by molar-refractivity contribution is 6.30. The number of rotatable bonds is 8. The Labute approximate surface area is 226 Å². The number of halogens is 5. The lowest BCUT2D eigenvalue weighted by Crippen LogP contribution is -2.41. The third-order valence-corrected chi connectivity index (χ3v) is 6.19. The van der Waals surface area contributed by atoms with Crippen molar-refractivity contribution in [3.63, 3.8) is 0 Å². The van der Waals surface area contributed by atoms with E-state index in [0.717, 1.165) is 12.1 Å². The van der Waals surface area contributed by atoms with E-state index in [1.807, 2.05) is 0 Å². The fourth-order valence-electron chi connectivity index (χ4n) is 3.74. The number of guanidine groups is 1. The van der Waals surface area contributed by atoms with Gasteiger partial charge in [0.05, 0.1) is 25.7 Å². The first-order valence-electron chi connectivity index (χ1n) is 11.9. The first kappa shape index (κ1) is 30.0. The number of phenols is 1. The summed E-state index contributed by atoms with van der Waals surface area (Å²) in [5.41, 5.74) is -3.08.